The van der Waals surface area contributed by atoms with Gasteiger partial charge in [0, 0.05) is 23.7 Å². The smallest absolute Gasteiger partial charge is 0.130 e. The highest BCUT2D eigenvalue weighted by atomic mass is 35.5. The van der Waals surface area contributed by atoms with Crippen LogP contribution in [0.15, 0.2) is 36.4 Å². The molecule has 0 amide bonds. The van der Waals surface area contributed by atoms with Crippen molar-refractivity contribution in [1.82, 2.24) is 5.32 Å². The van der Waals surface area contributed by atoms with Crippen LogP contribution in [-0.4, -0.2) is 6.04 Å². The zero-order valence-electron chi connectivity index (χ0n) is 12.4. The summed E-state index contributed by atoms with van der Waals surface area (Å²) in [6, 6.07) is 10.7. The van der Waals surface area contributed by atoms with Gasteiger partial charge in [0.25, 0.3) is 0 Å². The molecular formula is C17H19ClFNO. The first-order valence-electron chi connectivity index (χ1n) is 6.91. The first-order chi connectivity index (χ1) is 9.95. The lowest BCUT2D eigenvalue weighted by atomic mass is 10.2. The Morgan fingerprint density at radius 2 is 1.81 bits per heavy atom. The molecule has 0 bridgehead atoms. The Kier molecular flexibility index (Phi) is 5.21. The maximum atomic E-state index is 13.5. The van der Waals surface area contributed by atoms with Crippen molar-refractivity contribution in [3.8, 4) is 11.5 Å². The summed E-state index contributed by atoms with van der Waals surface area (Å²) in [7, 11) is 0. The summed E-state index contributed by atoms with van der Waals surface area (Å²) in [6.07, 6.45) is 0. The average Bonchev–Trinajstić information content (AvgIpc) is 2.42. The van der Waals surface area contributed by atoms with Gasteiger partial charge < -0.3 is 10.1 Å². The monoisotopic (exact) mass is 307 g/mol. The third-order valence-corrected chi connectivity index (χ3v) is 3.46. The number of hydrogen-bond acceptors (Lipinski definition) is 2. The second-order valence-electron chi connectivity index (χ2n) is 5.30. The highest BCUT2D eigenvalue weighted by Crippen LogP contribution is 2.27. The van der Waals surface area contributed by atoms with E-state index in [0.29, 0.717) is 34.7 Å². The van der Waals surface area contributed by atoms with Crippen molar-refractivity contribution < 1.29 is 9.13 Å². The largest absolute Gasteiger partial charge is 0.457 e. The topological polar surface area (TPSA) is 21.3 Å². The number of aryl methyl sites for hydroxylation is 1. The molecule has 0 aliphatic carbocycles. The first kappa shape index (κ1) is 15.8. The minimum absolute atomic E-state index is 0.281. The molecule has 4 heteroatoms. The molecule has 0 saturated carbocycles. The van der Waals surface area contributed by atoms with Crippen LogP contribution < -0.4 is 10.1 Å². The molecule has 2 nitrogen and oxygen atoms in total. The summed E-state index contributed by atoms with van der Waals surface area (Å²) in [4.78, 5) is 0. The van der Waals surface area contributed by atoms with Crippen molar-refractivity contribution >= 4 is 11.6 Å². The fourth-order valence-corrected chi connectivity index (χ4v) is 2.06. The summed E-state index contributed by atoms with van der Waals surface area (Å²) in [5.74, 6) is 0.773. The van der Waals surface area contributed by atoms with E-state index in [1.165, 1.54) is 6.07 Å². The Labute approximate surface area is 129 Å². The van der Waals surface area contributed by atoms with Crippen molar-refractivity contribution in [2.75, 3.05) is 0 Å². The standard InChI is InChI=1S/C17H19ClFNO/c1-11(2)20-10-13-5-7-14(8-16(13)18)21-15-6-4-12(3)17(19)9-15/h4-9,11,20H,10H2,1-3H3. The fourth-order valence-electron chi connectivity index (χ4n) is 1.82. The van der Waals surface area contributed by atoms with Crippen LogP contribution in [-0.2, 0) is 6.54 Å². The third-order valence-electron chi connectivity index (χ3n) is 3.10. The number of ether oxygens (including phenoxy) is 1. The van der Waals surface area contributed by atoms with E-state index in [1.54, 1.807) is 25.1 Å². The molecule has 0 heterocycles. The second kappa shape index (κ2) is 6.92. The highest BCUT2D eigenvalue weighted by Gasteiger charge is 2.06. The van der Waals surface area contributed by atoms with Crippen LogP contribution in [0.3, 0.4) is 0 Å². The number of halogens is 2. The summed E-state index contributed by atoms with van der Waals surface area (Å²) >= 11 is 6.24. The first-order valence-corrected chi connectivity index (χ1v) is 7.29. The lowest BCUT2D eigenvalue weighted by Crippen LogP contribution is -2.21. The molecule has 21 heavy (non-hydrogen) atoms. The molecule has 2 rings (SSSR count). The van der Waals surface area contributed by atoms with E-state index in [1.807, 2.05) is 12.1 Å². The molecule has 0 spiro atoms. The van der Waals surface area contributed by atoms with Crippen LogP contribution in [0.2, 0.25) is 5.02 Å². The molecular weight excluding hydrogens is 289 g/mol. The quantitative estimate of drug-likeness (QED) is 0.832. The van der Waals surface area contributed by atoms with E-state index in [2.05, 4.69) is 19.2 Å². The normalized spacial score (nSPS) is 11.0. The van der Waals surface area contributed by atoms with Crippen molar-refractivity contribution in [2.45, 2.75) is 33.4 Å². The molecule has 0 fully saturated rings. The zero-order chi connectivity index (χ0) is 15.4. The van der Waals surface area contributed by atoms with Gasteiger partial charge in [0.15, 0.2) is 0 Å². The molecule has 0 radical (unpaired) electrons. The number of benzene rings is 2. The minimum atomic E-state index is -0.281. The van der Waals surface area contributed by atoms with Gasteiger partial charge in [-0.3, -0.25) is 0 Å². The van der Waals surface area contributed by atoms with Gasteiger partial charge in [0.05, 0.1) is 0 Å². The molecule has 0 aromatic heterocycles. The van der Waals surface area contributed by atoms with Gasteiger partial charge in [-0.2, -0.15) is 0 Å². The summed E-state index contributed by atoms with van der Waals surface area (Å²) < 4.78 is 19.1. The molecule has 0 atom stereocenters. The Morgan fingerprint density at radius 3 is 2.43 bits per heavy atom. The SMILES string of the molecule is Cc1ccc(Oc2ccc(CNC(C)C)c(Cl)c2)cc1F. The van der Waals surface area contributed by atoms with E-state index in [-0.39, 0.29) is 5.82 Å². The fraction of sp³-hybridized carbons (Fsp3) is 0.294. The van der Waals surface area contributed by atoms with Gasteiger partial charge in [-0.1, -0.05) is 37.6 Å². The molecule has 112 valence electrons. The van der Waals surface area contributed by atoms with Gasteiger partial charge in [-0.15, -0.1) is 0 Å². The molecule has 0 aliphatic rings. The van der Waals surface area contributed by atoms with Crippen LogP contribution in [0.25, 0.3) is 0 Å². The molecule has 1 N–H and O–H groups in total. The maximum absolute atomic E-state index is 13.5. The Balaban J connectivity index is 2.10. The van der Waals surface area contributed by atoms with E-state index < -0.39 is 0 Å². The average molecular weight is 308 g/mol. The van der Waals surface area contributed by atoms with Crippen LogP contribution >= 0.6 is 11.6 Å². The van der Waals surface area contributed by atoms with E-state index in [0.717, 1.165) is 5.56 Å². The predicted molar refractivity (Wildman–Crippen MR) is 84.6 cm³/mol. The second-order valence-corrected chi connectivity index (χ2v) is 5.71. The minimum Gasteiger partial charge on any atom is -0.457 e. The van der Waals surface area contributed by atoms with Crippen molar-refractivity contribution in [3.05, 3.63) is 58.4 Å². The molecule has 0 unspecified atom stereocenters. The van der Waals surface area contributed by atoms with Gasteiger partial charge >= 0.3 is 0 Å². The number of nitrogens with one attached hydrogen (secondary N) is 1. The van der Waals surface area contributed by atoms with Crippen molar-refractivity contribution in [2.24, 2.45) is 0 Å². The van der Waals surface area contributed by atoms with Crippen molar-refractivity contribution in [3.63, 3.8) is 0 Å². The van der Waals surface area contributed by atoms with E-state index in [9.17, 15) is 4.39 Å². The molecule has 2 aromatic carbocycles. The number of rotatable bonds is 5. The Morgan fingerprint density at radius 1 is 1.14 bits per heavy atom. The van der Waals surface area contributed by atoms with Gasteiger partial charge in [0.2, 0.25) is 0 Å². The van der Waals surface area contributed by atoms with Gasteiger partial charge in [0.1, 0.15) is 17.3 Å². The predicted octanol–water partition coefficient (Wildman–Crippen LogP) is 5.08. The molecule has 2 aromatic rings. The Hall–Kier alpha value is -1.58. The van der Waals surface area contributed by atoms with Crippen LogP contribution in [0.4, 0.5) is 4.39 Å². The van der Waals surface area contributed by atoms with Crippen molar-refractivity contribution in [1.29, 1.82) is 0 Å². The third kappa shape index (κ3) is 4.45. The lowest BCUT2D eigenvalue weighted by molar-refractivity contribution is 0.475. The summed E-state index contributed by atoms with van der Waals surface area (Å²) in [5, 5.41) is 3.94. The van der Waals surface area contributed by atoms with E-state index >= 15 is 0 Å². The van der Waals surface area contributed by atoms with Gasteiger partial charge in [-0.25, -0.2) is 4.39 Å². The van der Waals surface area contributed by atoms with Crippen LogP contribution in [0, 0.1) is 12.7 Å². The highest BCUT2D eigenvalue weighted by molar-refractivity contribution is 6.31. The van der Waals surface area contributed by atoms with E-state index in [4.69, 9.17) is 16.3 Å². The summed E-state index contributed by atoms with van der Waals surface area (Å²) in [6.45, 7) is 6.58. The molecule has 0 saturated heterocycles. The Bertz CT molecular complexity index is 628. The lowest BCUT2D eigenvalue weighted by Gasteiger charge is -2.11. The van der Waals surface area contributed by atoms with Crippen LogP contribution in [0.5, 0.6) is 11.5 Å². The van der Waals surface area contributed by atoms with Crippen LogP contribution in [0.1, 0.15) is 25.0 Å². The number of hydrogen-bond donors (Lipinski definition) is 1. The summed E-state index contributed by atoms with van der Waals surface area (Å²) in [5.41, 5.74) is 1.60. The van der Waals surface area contributed by atoms with Gasteiger partial charge in [-0.05, 0) is 36.2 Å². The zero-order valence-corrected chi connectivity index (χ0v) is 13.2. The maximum Gasteiger partial charge on any atom is 0.130 e. The molecule has 0 aliphatic heterocycles.